The molecule has 10 nitrogen and oxygen atoms in total. The SMILES string of the molecule is CN[C@@H](C)CN[C@@H]1C(=O)N(Cc2c(OC)ccc3c(OC(=O)C(F)(F)F)c(C(=O)OC)ccc23)c2ccc(C)cc2O[C@H]1C. The summed E-state index contributed by atoms with van der Waals surface area (Å²) in [6.45, 7) is 6.01. The first-order chi connectivity index (χ1) is 20.8. The maximum Gasteiger partial charge on any atom is 0.491 e. The fourth-order valence-corrected chi connectivity index (χ4v) is 4.98. The van der Waals surface area contributed by atoms with Crippen LogP contribution in [0.15, 0.2) is 42.5 Å². The van der Waals surface area contributed by atoms with Crippen molar-refractivity contribution in [1.29, 1.82) is 0 Å². The third-order valence-corrected chi connectivity index (χ3v) is 7.44. The van der Waals surface area contributed by atoms with Gasteiger partial charge in [-0.3, -0.25) is 4.79 Å². The van der Waals surface area contributed by atoms with E-state index in [9.17, 15) is 27.6 Å². The summed E-state index contributed by atoms with van der Waals surface area (Å²) in [5.74, 6) is -3.66. The first-order valence-corrected chi connectivity index (χ1v) is 13.8. The standard InChI is InChI=1S/C31H34F3N3O7/c1-16-7-11-23-25(13-16)43-18(3)26(36-14-17(2)35-4)28(38)37(23)15-22-19-8-9-21(29(39)42-6)27(44-30(40)31(32,33)34)20(19)10-12-24(22)41-5/h7-13,17-18,26,35-36H,14-15H2,1-6H3/t17-,18-,26-/m0/s1. The van der Waals surface area contributed by atoms with Crippen LogP contribution in [0.25, 0.3) is 10.8 Å². The zero-order valence-corrected chi connectivity index (χ0v) is 25.1. The minimum absolute atomic E-state index is 0.00911. The predicted molar refractivity (Wildman–Crippen MR) is 156 cm³/mol. The molecule has 0 aliphatic carbocycles. The summed E-state index contributed by atoms with van der Waals surface area (Å²) in [6.07, 6.45) is -5.88. The molecule has 0 saturated carbocycles. The van der Waals surface area contributed by atoms with Crippen LogP contribution in [0.1, 0.15) is 35.3 Å². The molecule has 236 valence electrons. The molecular formula is C31H34F3N3O7. The lowest BCUT2D eigenvalue weighted by Crippen LogP contribution is -2.54. The number of likely N-dealkylation sites (N-methyl/N-ethyl adjacent to an activating group) is 1. The molecule has 0 radical (unpaired) electrons. The lowest BCUT2D eigenvalue weighted by atomic mass is 9.98. The van der Waals surface area contributed by atoms with Crippen molar-refractivity contribution in [3.63, 3.8) is 0 Å². The van der Waals surface area contributed by atoms with Crippen LogP contribution < -0.4 is 29.7 Å². The third-order valence-electron chi connectivity index (χ3n) is 7.44. The molecule has 1 heterocycles. The van der Waals surface area contributed by atoms with E-state index in [4.69, 9.17) is 18.9 Å². The second kappa shape index (κ2) is 13.1. The number of fused-ring (bicyclic) bond motifs is 2. The highest BCUT2D eigenvalue weighted by molar-refractivity contribution is 6.05. The second-order valence-electron chi connectivity index (χ2n) is 10.5. The van der Waals surface area contributed by atoms with Crippen molar-refractivity contribution in [3.05, 3.63) is 59.2 Å². The van der Waals surface area contributed by atoms with Gasteiger partial charge in [0, 0.05) is 23.5 Å². The Kier molecular flexibility index (Phi) is 9.69. The fraction of sp³-hybridized carbons (Fsp3) is 0.387. The Hall–Kier alpha value is -4.36. The molecule has 3 aromatic carbocycles. The molecule has 2 N–H and O–H groups in total. The third kappa shape index (κ3) is 6.58. The average Bonchev–Trinajstić information content (AvgIpc) is 3.07. The lowest BCUT2D eigenvalue weighted by Gasteiger charge is -2.28. The Morgan fingerprint density at radius 1 is 1.09 bits per heavy atom. The van der Waals surface area contributed by atoms with Gasteiger partial charge in [-0.25, -0.2) is 9.59 Å². The van der Waals surface area contributed by atoms with Gasteiger partial charge in [0.2, 0.25) is 5.91 Å². The first kappa shape index (κ1) is 32.6. The van der Waals surface area contributed by atoms with Gasteiger partial charge < -0.3 is 34.5 Å². The van der Waals surface area contributed by atoms with Crippen molar-refractivity contribution in [2.75, 3.05) is 32.7 Å². The van der Waals surface area contributed by atoms with Crippen LogP contribution in [0.5, 0.6) is 17.2 Å². The molecule has 13 heteroatoms. The van der Waals surface area contributed by atoms with E-state index >= 15 is 0 Å². The van der Waals surface area contributed by atoms with Crippen molar-refractivity contribution >= 4 is 34.3 Å². The van der Waals surface area contributed by atoms with Gasteiger partial charge in [0.15, 0.2) is 5.75 Å². The zero-order valence-electron chi connectivity index (χ0n) is 25.1. The molecule has 1 aliphatic heterocycles. The number of anilines is 1. The molecule has 0 unspecified atom stereocenters. The number of rotatable bonds is 9. The van der Waals surface area contributed by atoms with E-state index in [0.29, 0.717) is 29.3 Å². The van der Waals surface area contributed by atoms with Gasteiger partial charge in [-0.2, -0.15) is 13.2 Å². The summed E-state index contributed by atoms with van der Waals surface area (Å²) in [5.41, 5.74) is 1.40. The van der Waals surface area contributed by atoms with E-state index in [2.05, 4.69) is 10.6 Å². The van der Waals surface area contributed by atoms with Crippen molar-refractivity contribution in [2.45, 2.75) is 51.7 Å². The Morgan fingerprint density at radius 3 is 2.43 bits per heavy atom. The minimum atomic E-state index is -5.32. The quantitative estimate of drug-likeness (QED) is 0.268. The molecule has 1 aliphatic rings. The number of aryl methyl sites for hydroxylation is 1. The number of amides is 1. The van der Waals surface area contributed by atoms with Gasteiger partial charge in [0.1, 0.15) is 29.2 Å². The Labute approximate surface area is 252 Å². The van der Waals surface area contributed by atoms with E-state index in [1.54, 1.807) is 13.0 Å². The predicted octanol–water partition coefficient (Wildman–Crippen LogP) is 4.29. The molecule has 3 aromatic rings. The van der Waals surface area contributed by atoms with Crippen molar-refractivity contribution in [2.24, 2.45) is 0 Å². The van der Waals surface area contributed by atoms with Gasteiger partial charge in [0.25, 0.3) is 0 Å². The second-order valence-corrected chi connectivity index (χ2v) is 10.5. The number of ether oxygens (including phenoxy) is 4. The van der Waals surface area contributed by atoms with Gasteiger partial charge in [-0.1, -0.05) is 12.1 Å². The number of esters is 2. The monoisotopic (exact) mass is 617 g/mol. The Balaban J connectivity index is 1.90. The summed E-state index contributed by atoms with van der Waals surface area (Å²) in [6, 6.07) is 10.2. The number of methoxy groups -OCH3 is 2. The van der Waals surface area contributed by atoms with Crippen molar-refractivity contribution in [1.82, 2.24) is 10.6 Å². The molecule has 0 saturated heterocycles. The molecule has 0 spiro atoms. The van der Waals surface area contributed by atoms with E-state index in [-0.39, 0.29) is 34.8 Å². The Bertz CT molecular complexity index is 1580. The highest BCUT2D eigenvalue weighted by Crippen LogP contribution is 2.41. The van der Waals surface area contributed by atoms with Crippen LogP contribution >= 0.6 is 0 Å². The van der Waals surface area contributed by atoms with E-state index in [0.717, 1.165) is 12.7 Å². The normalized spacial score (nSPS) is 17.4. The van der Waals surface area contributed by atoms with E-state index in [1.165, 1.54) is 36.3 Å². The molecule has 0 bridgehead atoms. The first-order valence-electron chi connectivity index (χ1n) is 13.8. The number of alkyl halides is 3. The molecule has 1 amide bonds. The van der Waals surface area contributed by atoms with Crippen LogP contribution in [-0.2, 0) is 20.9 Å². The average molecular weight is 618 g/mol. The number of hydrogen-bond donors (Lipinski definition) is 2. The number of nitrogens with one attached hydrogen (secondary N) is 2. The number of hydrogen-bond acceptors (Lipinski definition) is 9. The maximum atomic E-state index is 14.2. The van der Waals surface area contributed by atoms with Gasteiger partial charge in [-0.15, -0.1) is 0 Å². The van der Waals surface area contributed by atoms with Gasteiger partial charge in [-0.05, 0) is 69.1 Å². The number of halogens is 3. The van der Waals surface area contributed by atoms with Crippen LogP contribution in [0.2, 0.25) is 0 Å². The van der Waals surface area contributed by atoms with Gasteiger partial charge in [0.05, 0.1) is 26.5 Å². The van der Waals surface area contributed by atoms with Crippen LogP contribution in [0.4, 0.5) is 18.9 Å². The van der Waals surface area contributed by atoms with Crippen LogP contribution in [0.3, 0.4) is 0 Å². The number of benzene rings is 3. The van der Waals surface area contributed by atoms with Crippen molar-refractivity contribution < 1.29 is 46.5 Å². The molecular weight excluding hydrogens is 583 g/mol. The van der Waals surface area contributed by atoms with E-state index in [1.807, 2.05) is 33.0 Å². The van der Waals surface area contributed by atoms with Crippen LogP contribution in [-0.4, -0.2) is 70.0 Å². The number of carbonyl (C=O) groups is 3. The number of nitrogens with zero attached hydrogens (tertiary/aromatic N) is 1. The highest BCUT2D eigenvalue weighted by atomic mass is 19.4. The summed E-state index contributed by atoms with van der Waals surface area (Å²) < 4.78 is 61.0. The molecule has 0 aromatic heterocycles. The minimum Gasteiger partial charge on any atom is -0.496 e. The van der Waals surface area contributed by atoms with Crippen LogP contribution in [0, 0.1) is 6.92 Å². The molecule has 3 atom stereocenters. The largest absolute Gasteiger partial charge is 0.496 e. The van der Waals surface area contributed by atoms with Crippen molar-refractivity contribution in [3.8, 4) is 17.2 Å². The topological polar surface area (TPSA) is 115 Å². The summed E-state index contributed by atoms with van der Waals surface area (Å²) in [7, 11) is 4.27. The maximum absolute atomic E-state index is 14.2. The highest BCUT2D eigenvalue weighted by Gasteiger charge is 2.42. The molecule has 44 heavy (non-hydrogen) atoms. The zero-order chi connectivity index (χ0) is 32.3. The summed E-state index contributed by atoms with van der Waals surface area (Å²) in [4.78, 5) is 40.1. The molecule has 4 rings (SSSR count). The Morgan fingerprint density at radius 2 is 1.80 bits per heavy atom. The van der Waals surface area contributed by atoms with Gasteiger partial charge >= 0.3 is 18.1 Å². The van der Waals surface area contributed by atoms with E-state index < -0.39 is 36.0 Å². The lowest BCUT2D eigenvalue weighted by molar-refractivity contribution is -0.189. The number of carbonyl (C=O) groups excluding carboxylic acids is 3. The smallest absolute Gasteiger partial charge is 0.491 e. The molecule has 0 fully saturated rings. The summed E-state index contributed by atoms with van der Waals surface area (Å²) in [5, 5.41) is 6.71. The summed E-state index contributed by atoms with van der Waals surface area (Å²) >= 11 is 0. The fourth-order valence-electron chi connectivity index (χ4n) is 4.98.